The number of benzene rings is 1. The summed E-state index contributed by atoms with van der Waals surface area (Å²) in [7, 11) is -2.86. The van der Waals surface area contributed by atoms with Crippen LogP contribution < -0.4 is 0 Å². The first kappa shape index (κ1) is 24.5. The molecule has 0 aliphatic carbocycles. The van der Waals surface area contributed by atoms with Crippen LogP contribution in [0, 0.1) is 5.92 Å². The highest BCUT2D eigenvalue weighted by Crippen LogP contribution is 2.56. The van der Waals surface area contributed by atoms with Crippen LogP contribution in [0.1, 0.15) is 61.0 Å². The SMILES string of the molecule is C[C@H]1[C@H](COCc2ccccc2)O[Si](C(C)(C)C)(C(C)(C)C)O[C@@H]1[C@@](C)(O)CO. The average Bonchev–Trinajstić information content (AvgIpc) is 2.62. The molecule has 0 aromatic heterocycles. The van der Waals surface area contributed by atoms with E-state index in [1.54, 1.807) is 6.92 Å². The van der Waals surface area contributed by atoms with E-state index in [1.165, 1.54) is 0 Å². The third kappa shape index (κ3) is 5.11. The van der Waals surface area contributed by atoms with Gasteiger partial charge < -0.3 is 23.8 Å². The first-order chi connectivity index (χ1) is 13.2. The fourth-order valence-electron chi connectivity index (χ4n) is 4.50. The zero-order chi connectivity index (χ0) is 22.1. The monoisotopic (exact) mass is 424 g/mol. The topological polar surface area (TPSA) is 68.2 Å². The van der Waals surface area contributed by atoms with Crippen molar-refractivity contribution in [2.45, 2.75) is 89.9 Å². The predicted molar refractivity (Wildman–Crippen MR) is 118 cm³/mol. The van der Waals surface area contributed by atoms with Crippen LogP contribution in [-0.4, -0.2) is 49.8 Å². The van der Waals surface area contributed by atoms with Gasteiger partial charge in [0.2, 0.25) is 0 Å². The molecular formula is C23H40O5Si. The van der Waals surface area contributed by atoms with Crippen molar-refractivity contribution in [1.29, 1.82) is 0 Å². The summed E-state index contributed by atoms with van der Waals surface area (Å²) in [5.41, 5.74) is -0.239. The molecule has 2 rings (SSSR count). The van der Waals surface area contributed by atoms with E-state index in [-0.39, 0.29) is 28.7 Å². The van der Waals surface area contributed by atoms with Crippen LogP contribution in [0.3, 0.4) is 0 Å². The van der Waals surface area contributed by atoms with Crippen LogP contribution in [0.4, 0.5) is 0 Å². The minimum absolute atomic E-state index is 0.127. The molecule has 0 saturated carbocycles. The molecule has 166 valence electrons. The summed E-state index contributed by atoms with van der Waals surface area (Å²) in [6.07, 6.45) is -0.753. The van der Waals surface area contributed by atoms with Gasteiger partial charge >= 0.3 is 8.56 Å². The largest absolute Gasteiger partial charge is 0.393 e. The van der Waals surface area contributed by atoms with Crippen LogP contribution in [0.15, 0.2) is 30.3 Å². The van der Waals surface area contributed by atoms with Gasteiger partial charge in [0.1, 0.15) is 5.60 Å². The number of ether oxygens (including phenoxy) is 1. The maximum Gasteiger partial charge on any atom is 0.349 e. The molecule has 1 heterocycles. The Morgan fingerprint density at radius 1 is 0.966 bits per heavy atom. The number of hydrogen-bond donors (Lipinski definition) is 2. The molecular weight excluding hydrogens is 384 g/mol. The molecule has 1 aromatic rings. The molecule has 0 radical (unpaired) electrons. The van der Waals surface area contributed by atoms with E-state index < -0.39 is 20.3 Å². The summed E-state index contributed by atoms with van der Waals surface area (Å²) >= 11 is 0. The molecule has 29 heavy (non-hydrogen) atoms. The van der Waals surface area contributed by atoms with Crippen molar-refractivity contribution < 1.29 is 23.8 Å². The van der Waals surface area contributed by atoms with Crippen LogP contribution >= 0.6 is 0 Å². The molecule has 1 fully saturated rings. The van der Waals surface area contributed by atoms with Gasteiger partial charge in [-0.25, -0.2) is 0 Å². The van der Waals surface area contributed by atoms with Crippen molar-refractivity contribution in [3.05, 3.63) is 35.9 Å². The second-order valence-electron chi connectivity index (χ2n) is 10.7. The van der Waals surface area contributed by atoms with Gasteiger partial charge in [-0.05, 0) is 12.5 Å². The molecule has 5 nitrogen and oxygen atoms in total. The van der Waals surface area contributed by atoms with E-state index >= 15 is 0 Å². The van der Waals surface area contributed by atoms with Gasteiger partial charge in [-0.15, -0.1) is 0 Å². The molecule has 6 heteroatoms. The van der Waals surface area contributed by atoms with Gasteiger partial charge in [0.25, 0.3) is 0 Å². The van der Waals surface area contributed by atoms with Crippen LogP contribution in [0.25, 0.3) is 0 Å². The van der Waals surface area contributed by atoms with Crippen molar-refractivity contribution in [2.75, 3.05) is 13.2 Å². The zero-order valence-electron chi connectivity index (χ0n) is 19.4. The highest BCUT2D eigenvalue weighted by molar-refractivity contribution is 6.73. The fraction of sp³-hybridized carbons (Fsp3) is 0.739. The maximum absolute atomic E-state index is 11.0. The van der Waals surface area contributed by atoms with E-state index in [2.05, 4.69) is 41.5 Å². The quantitative estimate of drug-likeness (QED) is 0.662. The van der Waals surface area contributed by atoms with E-state index in [4.69, 9.17) is 13.6 Å². The Morgan fingerprint density at radius 3 is 2.00 bits per heavy atom. The molecule has 0 spiro atoms. The van der Waals surface area contributed by atoms with Gasteiger partial charge in [-0.1, -0.05) is 78.8 Å². The van der Waals surface area contributed by atoms with Crippen LogP contribution in [0.5, 0.6) is 0 Å². The number of aliphatic hydroxyl groups is 2. The Morgan fingerprint density at radius 2 is 1.52 bits per heavy atom. The van der Waals surface area contributed by atoms with E-state index in [9.17, 15) is 10.2 Å². The van der Waals surface area contributed by atoms with E-state index in [1.807, 2.05) is 37.3 Å². The molecule has 1 saturated heterocycles. The van der Waals surface area contributed by atoms with Gasteiger partial charge in [0.15, 0.2) is 0 Å². The second-order valence-corrected chi connectivity index (χ2v) is 15.4. The lowest BCUT2D eigenvalue weighted by molar-refractivity contribution is -0.172. The Labute approximate surface area is 177 Å². The first-order valence-corrected chi connectivity index (χ1v) is 12.4. The Bertz CT molecular complexity index is 633. The molecule has 2 N–H and O–H groups in total. The summed E-state index contributed by atoms with van der Waals surface area (Å²) < 4.78 is 19.6. The summed E-state index contributed by atoms with van der Waals surface area (Å²) in [4.78, 5) is 0. The number of aliphatic hydroxyl groups excluding tert-OH is 1. The van der Waals surface area contributed by atoms with Crippen molar-refractivity contribution in [2.24, 2.45) is 5.92 Å². The molecule has 4 atom stereocenters. The van der Waals surface area contributed by atoms with Crippen molar-refractivity contribution in [3.63, 3.8) is 0 Å². The van der Waals surface area contributed by atoms with E-state index in [0.717, 1.165) is 5.56 Å². The molecule has 1 aliphatic heterocycles. The summed E-state index contributed by atoms with van der Waals surface area (Å²) in [5.74, 6) is -0.127. The molecule has 0 amide bonds. The summed E-state index contributed by atoms with van der Waals surface area (Å²) in [6, 6.07) is 10.1. The van der Waals surface area contributed by atoms with Gasteiger partial charge in [-0.3, -0.25) is 0 Å². The van der Waals surface area contributed by atoms with Gasteiger partial charge in [0.05, 0.1) is 32.0 Å². The highest BCUT2D eigenvalue weighted by Gasteiger charge is 2.65. The Balaban J connectivity index is 2.33. The first-order valence-electron chi connectivity index (χ1n) is 10.6. The Kier molecular flexibility index (Phi) is 7.41. The lowest BCUT2D eigenvalue weighted by atomic mass is 9.86. The second kappa shape index (κ2) is 8.77. The number of hydrogen-bond acceptors (Lipinski definition) is 5. The highest BCUT2D eigenvalue weighted by atomic mass is 28.4. The summed E-state index contributed by atoms with van der Waals surface area (Å²) in [5, 5.41) is 20.4. The minimum Gasteiger partial charge on any atom is -0.393 e. The number of rotatable bonds is 6. The van der Waals surface area contributed by atoms with Gasteiger partial charge in [-0.2, -0.15) is 0 Å². The standard InChI is InChI=1S/C23H40O5Si/c1-17-19(15-26-14-18-12-10-9-11-13-18)27-29(21(2,3)4,22(5,6)7)28-20(17)23(8,25)16-24/h9-13,17,19-20,24-25H,14-16H2,1-8H3/t17-,19-,20-,23-/m0/s1. The third-order valence-corrected chi connectivity index (χ3v) is 11.1. The summed E-state index contributed by atoms with van der Waals surface area (Å²) in [6.45, 7) is 17.1. The third-order valence-electron chi connectivity index (χ3n) is 5.98. The zero-order valence-corrected chi connectivity index (χ0v) is 20.4. The maximum atomic E-state index is 11.0. The lowest BCUT2D eigenvalue weighted by Crippen LogP contribution is -2.70. The normalized spacial score (nSPS) is 27.4. The van der Waals surface area contributed by atoms with Crippen molar-refractivity contribution >= 4 is 8.56 Å². The van der Waals surface area contributed by atoms with E-state index in [0.29, 0.717) is 13.2 Å². The Hall–Kier alpha value is -0.763. The fourth-order valence-corrected chi connectivity index (χ4v) is 9.75. The predicted octanol–water partition coefficient (Wildman–Crippen LogP) is 4.41. The average molecular weight is 425 g/mol. The van der Waals surface area contributed by atoms with Crippen molar-refractivity contribution in [3.8, 4) is 0 Å². The smallest absolute Gasteiger partial charge is 0.349 e. The van der Waals surface area contributed by atoms with Crippen LogP contribution in [0.2, 0.25) is 10.1 Å². The van der Waals surface area contributed by atoms with Gasteiger partial charge in [0, 0.05) is 16.0 Å². The molecule has 0 bridgehead atoms. The molecule has 1 aromatic carbocycles. The minimum atomic E-state index is -2.86. The molecule has 1 aliphatic rings. The van der Waals surface area contributed by atoms with Crippen molar-refractivity contribution in [1.82, 2.24) is 0 Å². The molecule has 0 unspecified atom stereocenters. The van der Waals surface area contributed by atoms with Crippen LogP contribution in [-0.2, 0) is 20.2 Å². The lowest BCUT2D eigenvalue weighted by Gasteiger charge is -2.58.